The fourth-order valence-corrected chi connectivity index (χ4v) is 2.79. The van der Waals surface area contributed by atoms with Gasteiger partial charge in [-0.3, -0.25) is 0 Å². The van der Waals surface area contributed by atoms with Crippen LogP contribution in [0.2, 0.25) is 0 Å². The Morgan fingerprint density at radius 2 is 2.30 bits per heavy atom. The molecule has 1 atom stereocenters. The fourth-order valence-electron chi connectivity index (χ4n) is 2.79. The van der Waals surface area contributed by atoms with Crippen molar-refractivity contribution >= 4 is 0 Å². The smallest absolute Gasteiger partial charge is 0.116 e. The number of likely N-dealkylation sites (N-methyl/N-ethyl adjacent to an activating group) is 1. The predicted octanol–water partition coefficient (Wildman–Crippen LogP) is 2.37. The van der Waals surface area contributed by atoms with Crippen molar-refractivity contribution in [3.8, 4) is 11.3 Å². The Balaban J connectivity index is 2.08. The van der Waals surface area contributed by atoms with E-state index in [0.29, 0.717) is 0 Å². The normalized spacial score (nSPS) is 18.4. The first kappa shape index (κ1) is 13.2. The molecule has 20 heavy (non-hydrogen) atoms. The van der Waals surface area contributed by atoms with Crippen LogP contribution in [0.1, 0.15) is 23.7 Å². The van der Waals surface area contributed by atoms with Gasteiger partial charge in [-0.2, -0.15) is 0 Å². The SMILES string of the molecule is CNCC1OCCCc2c(-c3ccncn3)cccc21. The number of nitrogens with one attached hydrogen (secondary N) is 1. The van der Waals surface area contributed by atoms with Crippen LogP contribution >= 0.6 is 0 Å². The molecule has 1 aromatic carbocycles. The maximum atomic E-state index is 5.97. The summed E-state index contributed by atoms with van der Waals surface area (Å²) >= 11 is 0. The lowest BCUT2D eigenvalue weighted by atomic mass is 9.93. The molecule has 0 bridgehead atoms. The third kappa shape index (κ3) is 2.57. The molecular formula is C16H19N3O. The van der Waals surface area contributed by atoms with Crippen molar-refractivity contribution in [2.75, 3.05) is 20.2 Å². The third-order valence-corrected chi connectivity index (χ3v) is 3.70. The summed E-state index contributed by atoms with van der Waals surface area (Å²) < 4.78 is 5.97. The second kappa shape index (κ2) is 6.11. The first-order valence-corrected chi connectivity index (χ1v) is 7.04. The highest BCUT2D eigenvalue weighted by Crippen LogP contribution is 2.32. The maximum Gasteiger partial charge on any atom is 0.116 e. The lowest BCUT2D eigenvalue weighted by Gasteiger charge is -2.19. The summed E-state index contributed by atoms with van der Waals surface area (Å²) in [4.78, 5) is 8.39. The van der Waals surface area contributed by atoms with Crippen molar-refractivity contribution in [1.29, 1.82) is 0 Å². The Hall–Kier alpha value is -1.78. The van der Waals surface area contributed by atoms with E-state index in [9.17, 15) is 0 Å². The molecule has 2 heterocycles. The van der Waals surface area contributed by atoms with Crippen molar-refractivity contribution < 1.29 is 4.74 Å². The van der Waals surface area contributed by atoms with Crippen molar-refractivity contribution in [3.63, 3.8) is 0 Å². The highest BCUT2D eigenvalue weighted by atomic mass is 16.5. The molecule has 1 unspecified atom stereocenters. The summed E-state index contributed by atoms with van der Waals surface area (Å²) in [6.45, 7) is 1.64. The molecule has 0 radical (unpaired) electrons. The van der Waals surface area contributed by atoms with Gasteiger partial charge in [-0.05, 0) is 37.1 Å². The van der Waals surface area contributed by atoms with Gasteiger partial charge in [-0.1, -0.05) is 18.2 Å². The molecule has 3 rings (SSSR count). The van der Waals surface area contributed by atoms with E-state index in [-0.39, 0.29) is 6.10 Å². The molecule has 4 nitrogen and oxygen atoms in total. The van der Waals surface area contributed by atoms with E-state index in [0.717, 1.165) is 31.7 Å². The van der Waals surface area contributed by atoms with Crippen molar-refractivity contribution in [2.24, 2.45) is 0 Å². The zero-order valence-electron chi connectivity index (χ0n) is 11.7. The molecule has 2 aromatic rings. The average Bonchev–Trinajstić information content (AvgIpc) is 2.71. The average molecular weight is 269 g/mol. The summed E-state index contributed by atoms with van der Waals surface area (Å²) in [6.07, 6.45) is 5.61. The molecule has 0 fully saturated rings. The number of hydrogen-bond acceptors (Lipinski definition) is 4. The van der Waals surface area contributed by atoms with Crippen LogP contribution in [0, 0.1) is 0 Å². The fraction of sp³-hybridized carbons (Fsp3) is 0.375. The Morgan fingerprint density at radius 1 is 1.35 bits per heavy atom. The van der Waals surface area contributed by atoms with Crippen molar-refractivity contribution in [2.45, 2.75) is 18.9 Å². The van der Waals surface area contributed by atoms with E-state index in [1.54, 1.807) is 12.5 Å². The lowest BCUT2D eigenvalue weighted by Crippen LogP contribution is -2.20. The molecule has 1 aromatic heterocycles. The molecule has 1 aliphatic rings. The van der Waals surface area contributed by atoms with Crippen LogP contribution < -0.4 is 5.32 Å². The van der Waals surface area contributed by atoms with Gasteiger partial charge in [0.15, 0.2) is 0 Å². The van der Waals surface area contributed by atoms with Crippen LogP contribution in [0.15, 0.2) is 36.8 Å². The minimum absolute atomic E-state index is 0.124. The highest BCUT2D eigenvalue weighted by molar-refractivity contribution is 5.65. The van der Waals surface area contributed by atoms with Gasteiger partial charge in [0.2, 0.25) is 0 Å². The number of aromatic nitrogens is 2. The van der Waals surface area contributed by atoms with Crippen LogP contribution in [-0.2, 0) is 11.2 Å². The third-order valence-electron chi connectivity index (χ3n) is 3.70. The van der Waals surface area contributed by atoms with Gasteiger partial charge in [0.1, 0.15) is 6.33 Å². The predicted molar refractivity (Wildman–Crippen MR) is 78.4 cm³/mol. The lowest BCUT2D eigenvalue weighted by molar-refractivity contribution is 0.0579. The number of nitrogens with zero attached hydrogens (tertiary/aromatic N) is 2. The molecular weight excluding hydrogens is 250 g/mol. The van der Waals surface area contributed by atoms with Gasteiger partial charge in [0.25, 0.3) is 0 Å². The molecule has 0 aliphatic carbocycles. The number of ether oxygens (including phenoxy) is 1. The number of fused-ring (bicyclic) bond motifs is 1. The van der Waals surface area contributed by atoms with Crippen molar-refractivity contribution in [1.82, 2.24) is 15.3 Å². The summed E-state index contributed by atoms with van der Waals surface area (Å²) in [5, 5.41) is 3.21. The van der Waals surface area contributed by atoms with Crippen molar-refractivity contribution in [3.05, 3.63) is 47.9 Å². The van der Waals surface area contributed by atoms with Crippen LogP contribution in [-0.4, -0.2) is 30.2 Å². The zero-order chi connectivity index (χ0) is 13.8. The highest BCUT2D eigenvalue weighted by Gasteiger charge is 2.21. The zero-order valence-corrected chi connectivity index (χ0v) is 11.7. The molecule has 0 saturated heterocycles. The minimum atomic E-state index is 0.124. The Labute approximate surface area is 119 Å². The summed E-state index contributed by atoms with van der Waals surface area (Å²) in [6, 6.07) is 8.37. The summed E-state index contributed by atoms with van der Waals surface area (Å²) in [5.74, 6) is 0. The molecule has 4 heteroatoms. The van der Waals surface area contributed by atoms with Crippen LogP contribution in [0.5, 0.6) is 0 Å². The Morgan fingerprint density at radius 3 is 3.10 bits per heavy atom. The Kier molecular flexibility index (Phi) is 4.04. The standard InChI is InChI=1S/C16H19N3O/c1-17-10-16-14-5-2-4-13(12(14)6-3-9-20-16)15-7-8-18-11-19-15/h2,4-5,7-8,11,16-17H,3,6,9-10H2,1H3. The van der Waals surface area contributed by atoms with Gasteiger partial charge in [0.05, 0.1) is 11.8 Å². The largest absolute Gasteiger partial charge is 0.372 e. The van der Waals surface area contributed by atoms with Gasteiger partial charge in [-0.25, -0.2) is 9.97 Å². The number of rotatable bonds is 3. The first-order chi connectivity index (χ1) is 9.90. The van der Waals surface area contributed by atoms with Gasteiger partial charge < -0.3 is 10.1 Å². The molecule has 1 N–H and O–H groups in total. The van der Waals surface area contributed by atoms with Crippen LogP contribution in [0.25, 0.3) is 11.3 Å². The number of hydrogen-bond donors (Lipinski definition) is 1. The maximum absolute atomic E-state index is 5.97. The summed E-state index contributed by atoms with van der Waals surface area (Å²) in [5.41, 5.74) is 4.84. The van der Waals surface area contributed by atoms with Crippen LogP contribution in [0.3, 0.4) is 0 Å². The summed E-state index contributed by atoms with van der Waals surface area (Å²) in [7, 11) is 1.96. The second-order valence-electron chi connectivity index (χ2n) is 4.99. The quantitative estimate of drug-likeness (QED) is 0.929. The van der Waals surface area contributed by atoms with E-state index in [2.05, 4.69) is 33.5 Å². The minimum Gasteiger partial charge on any atom is -0.372 e. The second-order valence-corrected chi connectivity index (χ2v) is 4.99. The number of benzene rings is 1. The monoisotopic (exact) mass is 269 g/mol. The molecule has 0 spiro atoms. The van der Waals surface area contributed by atoms with E-state index in [1.165, 1.54) is 16.7 Å². The van der Waals surface area contributed by atoms with Gasteiger partial charge in [0, 0.05) is 24.9 Å². The molecule has 0 saturated carbocycles. The van der Waals surface area contributed by atoms with E-state index in [4.69, 9.17) is 4.74 Å². The topological polar surface area (TPSA) is 47.0 Å². The molecule has 104 valence electrons. The van der Waals surface area contributed by atoms with E-state index >= 15 is 0 Å². The van der Waals surface area contributed by atoms with E-state index in [1.807, 2.05) is 13.1 Å². The first-order valence-electron chi connectivity index (χ1n) is 7.04. The van der Waals surface area contributed by atoms with Gasteiger partial charge in [-0.15, -0.1) is 0 Å². The molecule has 0 amide bonds. The molecule has 1 aliphatic heterocycles. The van der Waals surface area contributed by atoms with Gasteiger partial charge >= 0.3 is 0 Å². The Bertz CT molecular complexity index is 571. The van der Waals surface area contributed by atoms with E-state index < -0.39 is 0 Å². The van der Waals surface area contributed by atoms with Crippen LogP contribution in [0.4, 0.5) is 0 Å².